The van der Waals surface area contributed by atoms with Crippen LogP contribution in [0.3, 0.4) is 0 Å². The van der Waals surface area contributed by atoms with Gasteiger partial charge in [0, 0.05) is 12.6 Å². The van der Waals surface area contributed by atoms with Gasteiger partial charge in [-0.05, 0) is 87.7 Å². The predicted octanol–water partition coefficient (Wildman–Crippen LogP) is 4.53. The van der Waals surface area contributed by atoms with Crippen LogP contribution in [-0.4, -0.2) is 19.3 Å². The van der Waals surface area contributed by atoms with Crippen LogP contribution in [0, 0.1) is 27.7 Å². The predicted molar refractivity (Wildman–Crippen MR) is 90.0 cm³/mol. The Morgan fingerprint density at radius 2 is 1.86 bits per heavy atom. The molecule has 0 aliphatic carbocycles. The van der Waals surface area contributed by atoms with E-state index in [2.05, 4.69) is 46.0 Å². The van der Waals surface area contributed by atoms with E-state index in [9.17, 15) is 0 Å². The first-order valence-corrected chi connectivity index (χ1v) is 8.46. The summed E-state index contributed by atoms with van der Waals surface area (Å²) in [7, 11) is 0. The van der Waals surface area contributed by atoms with Gasteiger partial charge < -0.3 is 10.1 Å². The quantitative estimate of drug-likeness (QED) is 0.830. The molecule has 118 valence electrons. The van der Waals surface area contributed by atoms with Gasteiger partial charge in [-0.25, -0.2) is 0 Å². The van der Waals surface area contributed by atoms with Gasteiger partial charge in [0.25, 0.3) is 0 Å². The van der Waals surface area contributed by atoms with Gasteiger partial charge in [-0.1, -0.05) is 13.0 Å². The molecule has 1 N–H and O–H groups in total. The molecule has 2 rings (SSSR count). The average Bonchev–Trinajstić information content (AvgIpc) is 2.95. The largest absolute Gasteiger partial charge is 0.378 e. The van der Waals surface area contributed by atoms with Crippen molar-refractivity contribution in [3.63, 3.8) is 0 Å². The number of benzene rings is 1. The third kappa shape index (κ3) is 3.87. The van der Waals surface area contributed by atoms with Crippen molar-refractivity contribution in [1.29, 1.82) is 0 Å². The molecule has 0 spiro atoms. The molecule has 1 fully saturated rings. The third-order valence-electron chi connectivity index (χ3n) is 4.94. The van der Waals surface area contributed by atoms with Gasteiger partial charge in [-0.3, -0.25) is 0 Å². The van der Waals surface area contributed by atoms with E-state index in [1.807, 2.05) is 0 Å². The van der Waals surface area contributed by atoms with Crippen molar-refractivity contribution in [3.8, 4) is 0 Å². The minimum atomic E-state index is 0.423. The highest BCUT2D eigenvalue weighted by molar-refractivity contribution is 5.45. The van der Waals surface area contributed by atoms with E-state index in [1.165, 1.54) is 47.1 Å². The first-order chi connectivity index (χ1) is 10.0. The molecule has 2 nitrogen and oxygen atoms in total. The fraction of sp³-hybridized carbons (Fsp3) is 0.684. The lowest BCUT2D eigenvalue weighted by atomic mass is 9.87. The maximum absolute atomic E-state index is 5.89. The van der Waals surface area contributed by atoms with Crippen LogP contribution in [-0.2, 0) is 4.74 Å². The molecule has 0 bridgehead atoms. The Morgan fingerprint density at radius 3 is 2.38 bits per heavy atom. The van der Waals surface area contributed by atoms with Crippen molar-refractivity contribution in [3.05, 3.63) is 33.9 Å². The zero-order chi connectivity index (χ0) is 15.4. The molecule has 2 atom stereocenters. The number of ether oxygens (including phenoxy) is 1. The molecule has 0 radical (unpaired) electrons. The van der Waals surface area contributed by atoms with Crippen molar-refractivity contribution in [1.82, 2.24) is 5.32 Å². The van der Waals surface area contributed by atoms with Crippen LogP contribution in [0.2, 0.25) is 0 Å². The van der Waals surface area contributed by atoms with Gasteiger partial charge in [0.05, 0.1) is 6.10 Å². The van der Waals surface area contributed by atoms with E-state index >= 15 is 0 Å². The van der Waals surface area contributed by atoms with E-state index in [-0.39, 0.29) is 0 Å². The normalized spacial score (nSPS) is 20.0. The van der Waals surface area contributed by atoms with E-state index in [0.29, 0.717) is 12.1 Å². The molecule has 0 aromatic heterocycles. The minimum Gasteiger partial charge on any atom is -0.378 e. The van der Waals surface area contributed by atoms with Gasteiger partial charge in [-0.15, -0.1) is 0 Å². The van der Waals surface area contributed by atoms with E-state index in [0.717, 1.165) is 19.6 Å². The molecular formula is C19H31NO. The monoisotopic (exact) mass is 289 g/mol. The Labute approximate surface area is 130 Å². The highest BCUT2D eigenvalue weighted by Crippen LogP contribution is 2.32. The lowest BCUT2D eigenvalue weighted by Crippen LogP contribution is -2.28. The van der Waals surface area contributed by atoms with Crippen molar-refractivity contribution >= 4 is 0 Å². The summed E-state index contributed by atoms with van der Waals surface area (Å²) >= 11 is 0. The SMILES string of the molecule is CCCNC(CC1CCCO1)c1c(C)c(C)cc(C)c1C. The smallest absolute Gasteiger partial charge is 0.0594 e. The second kappa shape index (κ2) is 7.42. The summed E-state index contributed by atoms with van der Waals surface area (Å²) in [6, 6.07) is 2.74. The lowest BCUT2D eigenvalue weighted by molar-refractivity contribution is 0.0944. The number of hydrogen-bond acceptors (Lipinski definition) is 2. The average molecular weight is 289 g/mol. The summed E-state index contributed by atoms with van der Waals surface area (Å²) in [6.45, 7) is 13.2. The maximum Gasteiger partial charge on any atom is 0.0594 e. The standard InChI is InChI=1S/C19H31NO/c1-6-9-20-18(12-17-8-7-10-21-17)19-15(4)13(2)11-14(3)16(19)5/h11,17-18,20H,6-10,12H2,1-5H3. The van der Waals surface area contributed by atoms with E-state index < -0.39 is 0 Å². The molecular weight excluding hydrogens is 258 g/mol. The van der Waals surface area contributed by atoms with Crippen LogP contribution < -0.4 is 5.32 Å². The molecule has 1 saturated heterocycles. The number of hydrogen-bond donors (Lipinski definition) is 1. The van der Waals surface area contributed by atoms with Crippen LogP contribution in [0.5, 0.6) is 0 Å². The summed E-state index contributed by atoms with van der Waals surface area (Å²) < 4.78 is 5.89. The number of aryl methyl sites for hydroxylation is 2. The van der Waals surface area contributed by atoms with Crippen molar-refractivity contribution in [2.45, 2.75) is 72.4 Å². The zero-order valence-corrected chi connectivity index (χ0v) is 14.4. The molecule has 0 saturated carbocycles. The Kier molecular flexibility index (Phi) is 5.83. The maximum atomic E-state index is 5.89. The fourth-order valence-corrected chi connectivity index (χ4v) is 3.48. The topological polar surface area (TPSA) is 21.3 Å². The first kappa shape index (κ1) is 16.5. The van der Waals surface area contributed by atoms with E-state index in [4.69, 9.17) is 4.74 Å². The van der Waals surface area contributed by atoms with Crippen LogP contribution in [0.25, 0.3) is 0 Å². The fourth-order valence-electron chi connectivity index (χ4n) is 3.48. The second-order valence-electron chi connectivity index (χ2n) is 6.55. The van der Waals surface area contributed by atoms with Crippen molar-refractivity contribution in [2.24, 2.45) is 0 Å². The molecule has 1 heterocycles. The highest BCUT2D eigenvalue weighted by atomic mass is 16.5. The Balaban J connectivity index is 2.30. The van der Waals surface area contributed by atoms with Gasteiger partial charge >= 0.3 is 0 Å². The summed E-state index contributed by atoms with van der Waals surface area (Å²) in [6.07, 6.45) is 5.14. The lowest BCUT2D eigenvalue weighted by Gasteiger charge is -2.27. The van der Waals surface area contributed by atoms with Crippen LogP contribution in [0.4, 0.5) is 0 Å². The molecule has 21 heavy (non-hydrogen) atoms. The Morgan fingerprint density at radius 1 is 1.19 bits per heavy atom. The first-order valence-electron chi connectivity index (χ1n) is 8.46. The van der Waals surface area contributed by atoms with Gasteiger partial charge in [-0.2, -0.15) is 0 Å². The Hall–Kier alpha value is -0.860. The number of nitrogens with one attached hydrogen (secondary N) is 1. The third-order valence-corrected chi connectivity index (χ3v) is 4.94. The molecule has 2 unspecified atom stereocenters. The summed E-state index contributed by atoms with van der Waals surface area (Å²) in [5.74, 6) is 0. The van der Waals surface area contributed by atoms with Crippen LogP contribution in [0.1, 0.15) is 66.5 Å². The minimum absolute atomic E-state index is 0.423. The van der Waals surface area contributed by atoms with Crippen molar-refractivity contribution < 1.29 is 4.74 Å². The molecule has 1 aromatic carbocycles. The Bertz CT molecular complexity index is 449. The number of rotatable bonds is 6. The van der Waals surface area contributed by atoms with Crippen LogP contribution >= 0.6 is 0 Å². The molecule has 1 aliphatic heterocycles. The molecule has 0 amide bonds. The van der Waals surface area contributed by atoms with Gasteiger partial charge in [0.1, 0.15) is 0 Å². The molecule has 1 aliphatic rings. The summed E-state index contributed by atoms with van der Waals surface area (Å²) in [5.41, 5.74) is 7.22. The van der Waals surface area contributed by atoms with E-state index in [1.54, 1.807) is 0 Å². The molecule has 2 heteroatoms. The highest BCUT2D eigenvalue weighted by Gasteiger charge is 2.24. The van der Waals surface area contributed by atoms with Gasteiger partial charge in [0.15, 0.2) is 0 Å². The van der Waals surface area contributed by atoms with Crippen molar-refractivity contribution in [2.75, 3.05) is 13.2 Å². The zero-order valence-electron chi connectivity index (χ0n) is 14.4. The molecule has 1 aromatic rings. The van der Waals surface area contributed by atoms with Crippen LogP contribution in [0.15, 0.2) is 6.07 Å². The summed E-state index contributed by atoms with van der Waals surface area (Å²) in [5, 5.41) is 3.77. The summed E-state index contributed by atoms with van der Waals surface area (Å²) in [4.78, 5) is 0. The second-order valence-corrected chi connectivity index (χ2v) is 6.55. The van der Waals surface area contributed by atoms with Gasteiger partial charge in [0.2, 0.25) is 0 Å².